The molecule has 27 heavy (non-hydrogen) atoms. The summed E-state index contributed by atoms with van der Waals surface area (Å²) in [6.07, 6.45) is 0. The number of rotatable bonds is 4. The predicted octanol–water partition coefficient (Wildman–Crippen LogP) is 5.39. The molecule has 0 bridgehead atoms. The Morgan fingerprint density at radius 3 is 2.67 bits per heavy atom. The van der Waals surface area contributed by atoms with Crippen LogP contribution in [0.3, 0.4) is 0 Å². The summed E-state index contributed by atoms with van der Waals surface area (Å²) in [5, 5.41) is 6.36. The van der Waals surface area contributed by atoms with Gasteiger partial charge in [0.15, 0.2) is 10.9 Å². The molecular weight excluding hydrogens is 407 g/mol. The molecule has 0 saturated carbocycles. The Morgan fingerprint density at radius 1 is 1.11 bits per heavy atom. The lowest BCUT2D eigenvalue weighted by molar-refractivity contribution is 0.0951. The summed E-state index contributed by atoms with van der Waals surface area (Å²) in [5.74, 6) is 0.707. The van der Waals surface area contributed by atoms with E-state index in [2.05, 4.69) is 10.6 Å². The quantitative estimate of drug-likeness (QED) is 0.554. The number of methoxy groups -OCH3 is 1. The zero-order chi connectivity index (χ0) is 19.4. The van der Waals surface area contributed by atoms with Crippen LogP contribution in [0.1, 0.15) is 10.6 Å². The molecule has 1 heterocycles. The highest BCUT2D eigenvalue weighted by molar-refractivity contribution is 7.80. The van der Waals surface area contributed by atoms with E-state index in [1.54, 1.807) is 55.6 Å². The number of thiocarbonyl (C=S) groups is 1. The van der Waals surface area contributed by atoms with E-state index >= 15 is 0 Å². The first-order chi connectivity index (χ1) is 13.0. The highest BCUT2D eigenvalue weighted by Gasteiger charge is 2.16. The number of amides is 1. The average Bonchev–Trinajstić information content (AvgIpc) is 3.14. The normalized spacial score (nSPS) is 10.3. The fourth-order valence-corrected chi connectivity index (χ4v) is 2.93. The highest BCUT2D eigenvalue weighted by atomic mass is 35.5. The molecule has 3 rings (SSSR count). The van der Waals surface area contributed by atoms with Gasteiger partial charge < -0.3 is 14.5 Å². The number of ether oxygens (including phenoxy) is 1. The van der Waals surface area contributed by atoms with Crippen LogP contribution in [0.25, 0.3) is 11.3 Å². The molecule has 2 N–H and O–H groups in total. The molecule has 1 amide bonds. The second-order valence-electron chi connectivity index (χ2n) is 5.41. The fourth-order valence-electron chi connectivity index (χ4n) is 2.33. The number of hydrogen-bond donors (Lipinski definition) is 2. The van der Waals surface area contributed by atoms with Crippen molar-refractivity contribution in [3.63, 3.8) is 0 Å². The third kappa shape index (κ3) is 4.60. The molecule has 0 atom stereocenters. The van der Waals surface area contributed by atoms with Gasteiger partial charge in [-0.3, -0.25) is 10.1 Å². The molecule has 3 aromatic rings. The van der Waals surface area contributed by atoms with Crippen LogP contribution in [0, 0.1) is 0 Å². The zero-order valence-corrected chi connectivity index (χ0v) is 16.4. The molecule has 0 unspecified atom stereocenters. The van der Waals surface area contributed by atoms with Gasteiger partial charge in [-0.2, -0.15) is 0 Å². The number of carbonyl (C=O) groups is 1. The van der Waals surface area contributed by atoms with Crippen molar-refractivity contribution in [1.29, 1.82) is 0 Å². The Balaban J connectivity index is 1.69. The van der Waals surface area contributed by atoms with Crippen LogP contribution in [-0.4, -0.2) is 18.1 Å². The largest absolute Gasteiger partial charge is 0.497 e. The number of carbonyl (C=O) groups excluding carboxylic acids is 1. The van der Waals surface area contributed by atoms with Crippen LogP contribution in [0.15, 0.2) is 59.0 Å². The Bertz CT molecular complexity index is 1000. The summed E-state index contributed by atoms with van der Waals surface area (Å²) >= 11 is 17.4. The molecule has 0 aliphatic heterocycles. The van der Waals surface area contributed by atoms with E-state index in [1.165, 1.54) is 6.07 Å². The molecule has 5 nitrogen and oxygen atoms in total. The number of benzene rings is 2. The van der Waals surface area contributed by atoms with Gasteiger partial charge in [0.25, 0.3) is 5.91 Å². The van der Waals surface area contributed by atoms with E-state index in [-0.39, 0.29) is 10.9 Å². The van der Waals surface area contributed by atoms with Gasteiger partial charge in [0, 0.05) is 17.3 Å². The number of hydrogen-bond acceptors (Lipinski definition) is 4. The van der Waals surface area contributed by atoms with Crippen LogP contribution in [0.5, 0.6) is 5.75 Å². The zero-order valence-electron chi connectivity index (χ0n) is 14.1. The monoisotopic (exact) mass is 420 g/mol. The van der Waals surface area contributed by atoms with Crippen LogP contribution >= 0.6 is 35.4 Å². The van der Waals surface area contributed by atoms with Gasteiger partial charge in [-0.05, 0) is 48.6 Å². The molecule has 2 aromatic carbocycles. The highest BCUT2D eigenvalue weighted by Crippen LogP contribution is 2.34. The third-order valence-corrected chi connectivity index (χ3v) is 4.62. The first-order valence-corrected chi connectivity index (χ1v) is 8.95. The van der Waals surface area contributed by atoms with E-state index in [9.17, 15) is 4.79 Å². The van der Waals surface area contributed by atoms with Gasteiger partial charge in [-0.25, -0.2) is 0 Å². The van der Waals surface area contributed by atoms with E-state index in [0.29, 0.717) is 32.8 Å². The first-order valence-electron chi connectivity index (χ1n) is 7.78. The number of nitrogens with one attached hydrogen (secondary N) is 2. The minimum absolute atomic E-state index is 0.0934. The topological polar surface area (TPSA) is 63.5 Å². The van der Waals surface area contributed by atoms with Crippen molar-refractivity contribution in [1.82, 2.24) is 5.32 Å². The molecule has 0 saturated heterocycles. The minimum atomic E-state index is -0.486. The van der Waals surface area contributed by atoms with Crippen molar-refractivity contribution < 1.29 is 13.9 Å². The van der Waals surface area contributed by atoms with Crippen molar-refractivity contribution in [2.45, 2.75) is 0 Å². The van der Waals surface area contributed by atoms with Gasteiger partial charge in [0.2, 0.25) is 0 Å². The van der Waals surface area contributed by atoms with Crippen molar-refractivity contribution >= 4 is 52.1 Å². The van der Waals surface area contributed by atoms with Crippen molar-refractivity contribution in [3.05, 3.63) is 70.4 Å². The van der Waals surface area contributed by atoms with Crippen LogP contribution in [0.2, 0.25) is 10.0 Å². The molecule has 0 radical (unpaired) electrons. The SMILES string of the molecule is COc1cccc(NC(=S)NC(=O)c2ccc(-c3cccc(Cl)c3Cl)o2)c1. The summed E-state index contributed by atoms with van der Waals surface area (Å²) in [6.45, 7) is 0. The average molecular weight is 421 g/mol. The molecule has 1 aromatic heterocycles. The van der Waals surface area contributed by atoms with E-state index in [1.807, 2.05) is 0 Å². The van der Waals surface area contributed by atoms with Crippen molar-refractivity contribution in [2.75, 3.05) is 12.4 Å². The Labute approximate surface area is 171 Å². The van der Waals surface area contributed by atoms with E-state index in [0.717, 1.165) is 0 Å². The molecule has 0 fully saturated rings. The number of furan rings is 1. The van der Waals surface area contributed by atoms with Crippen molar-refractivity contribution in [3.8, 4) is 17.1 Å². The lowest BCUT2D eigenvalue weighted by Crippen LogP contribution is -2.33. The standard InChI is InChI=1S/C19H14Cl2N2O3S/c1-25-12-5-2-4-11(10-12)22-19(27)23-18(24)16-9-8-15(26-16)13-6-3-7-14(20)17(13)21/h2-10H,1H3,(H2,22,23,24,27). The number of halogens is 2. The van der Waals surface area contributed by atoms with Gasteiger partial charge >= 0.3 is 0 Å². The van der Waals surface area contributed by atoms with Crippen LogP contribution < -0.4 is 15.4 Å². The van der Waals surface area contributed by atoms with Gasteiger partial charge in [0.1, 0.15) is 11.5 Å². The van der Waals surface area contributed by atoms with E-state index < -0.39 is 5.91 Å². The maximum Gasteiger partial charge on any atom is 0.293 e. The molecule has 0 aliphatic rings. The summed E-state index contributed by atoms with van der Waals surface area (Å²) in [7, 11) is 1.57. The Hall–Kier alpha value is -2.54. The van der Waals surface area contributed by atoms with Crippen LogP contribution in [0.4, 0.5) is 5.69 Å². The summed E-state index contributed by atoms with van der Waals surface area (Å²) in [6, 6.07) is 15.5. The van der Waals surface area contributed by atoms with Gasteiger partial charge in [0.05, 0.1) is 17.2 Å². The lowest BCUT2D eigenvalue weighted by atomic mass is 10.2. The maximum atomic E-state index is 12.3. The third-order valence-electron chi connectivity index (χ3n) is 3.60. The second kappa shape index (κ2) is 8.43. The van der Waals surface area contributed by atoms with Gasteiger partial charge in [-0.1, -0.05) is 35.3 Å². The van der Waals surface area contributed by atoms with E-state index in [4.69, 9.17) is 44.6 Å². The predicted molar refractivity (Wildman–Crippen MR) is 111 cm³/mol. The summed E-state index contributed by atoms with van der Waals surface area (Å²) in [4.78, 5) is 12.3. The molecule has 138 valence electrons. The molecular formula is C19H14Cl2N2O3S. The molecule has 0 spiro atoms. The Kier molecular flexibility index (Phi) is 6.01. The summed E-state index contributed by atoms with van der Waals surface area (Å²) < 4.78 is 10.7. The molecule has 8 heteroatoms. The Morgan fingerprint density at radius 2 is 1.89 bits per heavy atom. The van der Waals surface area contributed by atoms with Crippen LogP contribution in [-0.2, 0) is 0 Å². The minimum Gasteiger partial charge on any atom is -0.497 e. The summed E-state index contributed by atoms with van der Waals surface area (Å²) in [5.41, 5.74) is 1.28. The second-order valence-corrected chi connectivity index (χ2v) is 6.60. The smallest absolute Gasteiger partial charge is 0.293 e. The maximum absolute atomic E-state index is 12.3. The molecule has 0 aliphatic carbocycles. The lowest BCUT2D eigenvalue weighted by Gasteiger charge is -2.09. The first kappa shape index (κ1) is 19.2. The fraction of sp³-hybridized carbons (Fsp3) is 0.0526. The number of anilines is 1. The van der Waals surface area contributed by atoms with Crippen molar-refractivity contribution in [2.24, 2.45) is 0 Å². The van der Waals surface area contributed by atoms with Gasteiger partial charge in [-0.15, -0.1) is 0 Å².